The Labute approximate surface area is 61.2 Å². The average molecular weight is 228 g/mol. The molecule has 42 valence electrons. The molecule has 0 nitrogen and oxygen atoms in total. The minimum atomic E-state index is 0.456. The molecule has 0 bridgehead atoms. The fourth-order valence-corrected chi connectivity index (χ4v) is 0.494. The third-order valence-electron chi connectivity index (χ3n) is 0.656. The van der Waals surface area contributed by atoms with Crippen molar-refractivity contribution in [1.29, 1.82) is 0 Å². The summed E-state index contributed by atoms with van der Waals surface area (Å²) in [6.45, 7) is 4.08. The molecule has 0 heterocycles. The summed E-state index contributed by atoms with van der Waals surface area (Å²) in [5, 5.41) is 0. The first-order valence-corrected chi connectivity index (χ1v) is 3.85. The van der Waals surface area contributed by atoms with Crippen LogP contribution in [0.1, 0.15) is 13.8 Å². The number of hydrogen-bond donors (Lipinski definition) is 0. The van der Waals surface area contributed by atoms with Gasteiger partial charge in [0.25, 0.3) is 0 Å². The molecule has 1 unspecified atom stereocenters. The van der Waals surface area contributed by atoms with Gasteiger partial charge in [0.05, 0.1) is 0 Å². The highest BCUT2D eigenvalue weighted by Crippen LogP contribution is 2.16. The monoisotopic (exact) mass is 226 g/mol. The molecule has 0 spiro atoms. The van der Waals surface area contributed by atoms with Gasteiger partial charge >= 0.3 is 0 Å². The van der Waals surface area contributed by atoms with Crippen LogP contribution < -0.4 is 0 Å². The number of allylic oxidation sites excluding steroid dienone is 2. The number of halogens is 2. The second-order valence-corrected chi connectivity index (χ2v) is 3.58. The van der Waals surface area contributed by atoms with Crippen molar-refractivity contribution >= 4 is 31.9 Å². The second-order valence-electron chi connectivity index (χ2n) is 1.29. The zero-order valence-electron chi connectivity index (χ0n) is 4.41. The SMILES string of the molecule is CC=C(Br)C(C)Br. The molecule has 0 saturated carbocycles. The molecule has 0 aliphatic carbocycles. The lowest BCUT2D eigenvalue weighted by molar-refractivity contribution is 1.25. The largest absolute Gasteiger partial charge is 0.0836 e. The fourth-order valence-electron chi connectivity index (χ4n) is 0.230. The van der Waals surface area contributed by atoms with Crippen LogP contribution in [0.4, 0.5) is 0 Å². The van der Waals surface area contributed by atoms with Gasteiger partial charge in [-0.25, -0.2) is 0 Å². The van der Waals surface area contributed by atoms with Gasteiger partial charge in [0.2, 0.25) is 0 Å². The van der Waals surface area contributed by atoms with Crippen LogP contribution in [0.2, 0.25) is 0 Å². The highest BCUT2D eigenvalue weighted by molar-refractivity contribution is 9.14. The molecule has 0 aromatic heterocycles. The van der Waals surface area contributed by atoms with Gasteiger partial charge in [-0.05, 0) is 13.8 Å². The second kappa shape index (κ2) is 3.67. The van der Waals surface area contributed by atoms with Gasteiger partial charge in [0.15, 0.2) is 0 Å². The maximum atomic E-state index is 3.38. The lowest BCUT2D eigenvalue weighted by Gasteiger charge is -1.95. The van der Waals surface area contributed by atoms with E-state index in [9.17, 15) is 0 Å². The zero-order valence-corrected chi connectivity index (χ0v) is 7.58. The molecule has 0 aliphatic rings. The average Bonchev–Trinajstić information content (AvgIpc) is 1.65. The van der Waals surface area contributed by atoms with E-state index in [2.05, 4.69) is 38.8 Å². The standard InChI is InChI=1S/C5H8Br2/c1-3-5(7)4(2)6/h3-4H,1-2H3. The third kappa shape index (κ3) is 3.30. The van der Waals surface area contributed by atoms with Gasteiger partial charge in [-0.15, -0.1) is 0 Å². The van der Waals surface area contributed by atoms with E-state index in [1.807, 2.05) is 13.0 Å². The molecule has 0 aromatic carbocycles. The Balaban J connectivity index is 3.56. The lowest BCUT2D eigenvalue weighted by atomic mass is 10.4. The van der Waals surface area contributed by atoms with Crippen molar-refractivity contribution in [3.8, 4) is 0 Å². The van der Waals surface area contributed by atoms with Crippen LogP contribution >= 0.6 is 31.9 Å². The molecule has 0 fully saturated rings. The number of alkyl halides is 1. The molecule has 1 atom stereocenters. The molecular formula is C5H8Br2. The molecule has 0 N–H and O–H groups in total. The maximum absolute atomic E-state index is 3.38. The van der Waals surface area contributed by atoms with Crippen LogP contribution in [0.5, 0.6) is 0 Å². The van der Waals surface area contributed by atoms with Crippen LogP contribution in [0.15, 0.2) is 10.6 Å². The molecule has 0 rings (SSSR count). The lowest BCUT2D eigenvalue weighted by Crippen LogP contribution is -1.85. The van der Waals surface area contributed by atoms with Crippen LogP contribution in [-0.4, -0.2) is 4.83 Å². The topological polar surface area (TPSA) is 0 Å². The predicted molar refractivity (Wildman–Crippen MR) is 41.1 cm³/mol. The molecule has 0 aliphatic heterocycles. The number of rotatable bonds is 1. The summed E-state index contributed by atoms with van der Waals surface area (Å²) < 4.78 is 1.20. The van der Waals surface area contributed by atoms with Crippen molar-refractivity contribution in [3.05, 3.63) is 10.6 Å². The highest BCUT2D eigenvalue weighted by atomic mass is 79.9. The van der Waals surface area contributed by atoms with E-state index < -0.39 is 0 Å². The van der Waals surface area contributed by atoms with Crippen molar-refractivity contribution in [2.24, 2.45) is 0 Å². The molecule has 0 saturated heterocycles. The Morgan fingerprint density at radius 1 is 1.71 bits per heavy atom. The van der Waals surface area contributed by atoms with Gasteiger partial charge in [-0.2, -0.15) is 0 Å². The summed E-state index contributed by atoms with van der Waals surface area (Å²) in [5.74, 6) is 0. The fraction of sp³-hybridized carbons (Fsp3) is 0.600. The van der Waals surface area contributed by atoms with Crippen molar-refractivity contribution in [2.75, 3.05) is 0 Å². The minimum Gasteiger partial charge on any atom is -0.0836 e. The molecule has 0 radical (unpaired) electrons. The Bertz CT molecular complexity index is 74.1. The highest BCUT2D eigenvalue weighted by Gasteiger charge is 1.94. The first kappa shape index (κ1) is 7.70. The van der Waals surface area contributed by atoms with Crippen molar-refractivity contribution < 1.29 is 0 Å². The van der Waals surface area contributed by atoms with Crippen LogP contribution in [0.25, 0.3) is 0 Å². The minimum absolute atomic E-state index is 0.456. The molecule has 7 heavy (non-hydrogen) atoms. The van der Waals surface area contributed by atoms with Crippen molar-refractivity contribution in [2.45, 2.75) is 18.7 Å². The summed E-state index contributed by atoms with van der Waals surface area (Å²) in [5.41, 5.74) is 0. The van der Waals surface area contributed by atoms with E-state index >= 15 is 0 Å². The summed E-state index contributed by atoms with van der Waals surface area (Å²) in [6.07, 6.45) is 2.03. The summed E-state index contributed by atoms with van der Waals surface area (Å²) in [7, 11) is 0. The Hall–Kier alpha value is 0.700. The molecule has 0 amide bonds. The quantitative estimate of drug-likeness (QED) is 0.605. The Morgan fingerprint density at radius 2 is 2.14 bits per heavy atom. The molecular weight excluding hydrogens is 220 g/mol. The summed E-state index contributed by atoms with van der Waals surface area (Å²) in [6, 6.07) is 0. The molecule has 2 heteroatoms. The first-order valence-electron chi connectivity index (χ1n) is 2.14. The van der Waals surface area contributed by atoms with Gasteiger partial charge < -0.3 is 0 Å². The number of hydrogen-bond acceptors (Lipinski definition) is 0. The predicted octanol–water partition coefficient (Wildman–Crippen LogP) is 3.07. The smallest absolute Gasteiger partial charge is 0.0429 e. The molecule has 0 aromatic rings. The van der Waals surface area contributed by atoms with Gasteiger partial charge in [0.1, 0.15) is 0 Å². The van der Waals surface area contributed by atoms with E-state index in [1.165, 1.54) is 4.48 Å². The van der Waals surface area contributed by atoms with Crippen LogP contribution in [0, 0.1) is 0 Å². The van der Waals surface area contributed by atoms with Gasteiger partial charge in [0, 0.05) is 9.31 Å². The van der Waals surface area contributed by atoms with Crippen LogP contribution in [0.3, 0.4) is 0 Å². The van der Waals surface area contributed by atoms with Gasteiger partial charge in [-0.3, -0.25) is 0 Å². The van der Waals surface area contributed by atoms with E-state index in [4.69, 9.17) is 0 Å². The summed E-state index contributed by atoms with van der Waals surface area (Å²) >= 11 is 6.74. The van der Waals surface area contributed by atoms with Crippen molar-refractivity contribution in [3.63, 3.8) is 0 Å². The van der Waals surface area contributed by atoms with Crippen LogP contribution in [-0.2, 0) is 0 Å². The van der Waals surface area contributed by atoms with E-state index in [1.54, 1.807) is 0 Å². The van der Waals surface area contributed by atoms with Crippen molar-refractivity contribution in [1.82, 2.24) is 0 Å². The van der Waals surface area contributed by atoms with E-state index in [0.717, 1.165) is 0 Å². The third-order valence-corrected chi connectivity index (χ3v) is 2.91. The normalized spacial score (nSPS) is 16.9. The summed E-state index contributed by atoms with van der Waals surface area (Å²) in [4.78, 5) is 0.456. The Kier molecular flexibility index (Phi) is 4.04. The first-order chi connectivity index (χ1) is 3.18. The zero-order chi connectivity index (χ0) is 5.86. The maximum Gasteiger partial charge on any atom is 0.0429 e. The van der Waals surface area contributed by atoms with E-state index in [-0.39, 0.29) is 0 Å². The van der Waals surface area contributed by atoms with E-state index in [0.29, 0.717) is 4.83 Å². The van der Waals surface area contributed by atoms with Gasteiger partial charge in [-0.1, -0.05) is 37.9 Å². The Morgan fingerprint density at radius 3 is 2.14 bits per heavy atom.